The molecule has 0 saturated carbocycles. The van der Waals surface area contributed by atoms with Gasteiger partial charge in [-0.15, -0.1) is 0 Å². The topological polar surface area (TPSA) is 134 Å². The number of aryl methyl sites for hydroxylation is 2. The van der Waals surface area contributed by atoms with Crippen LogP contribution in [0.1, 0.15) is 67.4 Å². The number of likely N-dealkylation sites (N-methyl/N-ethyl adjacent to an activating group) is 1. The number of nitrogens with zero attached hydrogens (tertiary/aromatic N) is 3. The van der Waals surface area contributed by atoms with Crippen molar-refractivity contribution >= 4 is 21.6 Å². The summed E-state index contributed by atoms with van der Waals surface area (Å²) in [6, 6.07) is 14.4. The number of carbonyl (C=O) groups is 1. The smallest absolute Gasteiger partial charge is 0.267 e. The van der Waals surface area contributed by atoms with Crippen molar-refractivity contribution in [2.75, 3.05) is 38.1 Å². The highest BCUT2D eigenvalue weighted by atomic mass is 32.2. The van der Waals surface area contributed by atoms with Gasteiger partial charge in [0.05, 0.1) is 30.4 Å². The molecular weight excluding hydrogens is 608 g/mol. The number of carbonyl (C=O) groups excluding carboxylic acids is 1. The Bertz CT molecular complexity index is 1530. The zero-order valence-corrected chi connectivity index (χ0v) is 28.5. The maximum atomic E-state index is 14.4. The molecule has 11 nitrogen and oxygen atoms in total. The van der Waals surface area contributed by atoms with Gasteiger partial charge in [-0.3, -0.25) is 14.4 Å². The van der Waals surface area contributed by atoms with Crippen LogP contribution >= 0.6 is 0 Å². The molecule has 1 aromatic heterocycles. The van der Waals surface area contributed by atoms with Gasteiger partial charge in [-0.1, -0.05) is 42.4 Å². The zero-order chi connectivity index (χ0) is 33.4. The van der Waals surface area contributed by atoms with Crippen molar-refractivity contribution in [1.29, 1.82) is 0 Å². The number of aliphatic hydroxyl groups excluding tert-OH is 1. The lowest BCUT2D eigenvalue weighted by Gasteiger charge is -2.36. The fraction of sp³-hybridized carbons (Fsp3) is 0.529. The first kappa shape index (κ1) is 35.4. The number of ether oxygens (including phenoxy) is 2. The van der Waals surface area contributed by atoms with Crippen molar-refractivity contribution < 1.29 is 32.3 Å². The Labute approximate surface area is 272 Å². The molecular formula is C34H48N4O7S. The molecule has 0 saturated heterocycles. The predicted molar refractivity (Wildman–Crippen MR) is 176 cm³/mol. The van der Waals surface area contributed by atoms with Crippen LogP contribution in [0.15, 0.2) is 57.9 Å². The number of sulfonamides is 1. The Morgan fingerprint density at radius 2 is 1.87 bits per heavy atom. The second kappa shape index (κ2) is 15.9. The predicted octanol–water partition coefficient (Wildman–Crippen LogP) is 5.02. The van der Waals surface area contributed by atoms with Gasteiger partial charge in [0, 0.05) is 37.8 Å². The summed E-state index contributed by atoms with van der Waals surface area (Å²) < 4.78 is 47.0. The number of aliphatic hydroxyl groups is 1. The Kier molecular flexibility index (Phi) is 12.2. The average Bonchev–Trinajstić information content (AvgIpc) is 3.37. The minimum Gasteiger partial charge on any atom is -0.490 e. The quantitative estimate of drug-likeness (QED) is 0.326. The molecule has 1 aliphatic rings. The van der Waals surface area contributed by atoms with Crippen LogP contribution in [-0.2, 0) is 21.3 Å². The SMILES string of the molecule is Cc1noc(C)c1S(=O)(=O)Nc1ccc2c(c1)C(=O)N([C@@H](C)CO)C[C@@H](C)[C@H](CN(C)Cc1ccccc1)OCCCC[C@@H](C)O2. The first-order chi connectivity index (χ1) is 21.9. The highest BCUT2D eigenvalue weighted by Crippen LogP contribution is 2.30. The summed E-state index contributed by atoms with van der Waals surface area (Å²) in [5.41, 5.74) is 1.84. The summed E-state index contributed by atoms with van der Waals surface area (Å²) in [5.74, 6) is 0.0683. The van der Waals surface area contributed by atoms with Crippen LogP contribution in [0.3, 0.4) is 0 Å². The Morgan fingerprint density at radius 1 is 1.13 bits per heavy atom. The first-order valence-electron chi connectivity index (χ1n) is 15.9. The highest BCUT2D eigenvalue weighted by molar-refractivity contribution is 7.92. The Balaban J connectivity index is 1.66. The van der Waals surface area contributed by atoms with E-state index in [1.165, 1.54) is 18.6 Å². The number of anilines is 1. The molecule has 3 aromatic rings. The third-order valence-corrected chi connectivity index (χ3v) is 9.95. The minimum atomic E-state index is -4.05. The van der Waals surface area contributed by atoms with E-state index in [9.17, 15) is 18.3 Å². The lowest BCUT2D eigenvalue weighted by atomic mass is 10.0. The van der Waals surface area contributed by atoms with E-state index >= 15 is 0 Å². The van der Waals surface area contributed by atoms with Crippen LogP contribution in [0.5, 0.6) is 5.75 Å². The van der Waals surface area contributed by atoms with Gasteiger partial charge in [-0.05, 0) is 77.8 Å². The lowest BCUT2D eigenvalue weighted by Crippen LogP contribution is -2.47. The molecule has 0 bridgehead atoms. The molecule has 46 heavy (non-hydrogen) atoms. The third-order valence-electron chi connectivity index (χ3n) is 8.33. The number of aromatic nitrogens is 1. The largest absolute Gasteiger partial charge is 0.490 e. The summed E-state index contributed by atoms with van der Waals surface area (Å²) in [4.78, 5) is 18.2. The highest BCUT2D eigenvalue weighted by Gasteiger charge is 2.31. The minimum absolute atomic E-state index is 0.0450. The maximum absolute atomic E-state index is 14.4. The van der Waals surface area contributed by atoms with E-state index in [1.54, 1.807) is 30.9 Å². The molecule has 1 amide bonds. The number of hydrogen-bond acceptors (Lipinski definition) is 9. The van der Waals surface area contributed by atoms with Gasteiger partial charge in [0.2, 0.25) is 0 Å². The van der Waals surface area contributed by atoms with E-state index < -0.39 is 16.1 Å². The fourth-order valence-electron chi connectivity index (χ4n) is 5.78. The summed E-state index contributed by atoms with van der Waals surface area (Å²) in [6.07, 6.45) is 2.13. The maximum Gasteiger partial charge on any atom is 0.267 e. The second-order valence-corrected chi connectivity index (χ2v) is 14.1. The molecule has 0 spiro atoms. The number of amides is 1. The number of fused-ring (bicyclic) bond motifs is 1. The van der Waals surface area contributed by atoms with Crippen LogP contribution in [0.2, 0.25) is 0 Å². The van der Waals surface area contributed by atoms with Crippen LogP contribution in [0.4, 0.5) is 5.69 Å². The van der Waals surface area contributed by atoms with Gasteiger partial charge in [-0.25, -0.2) is 8.42 Å². The van der Waals surface area contributed by atoms with Crippen molar-refractivity contribution in [2.24, 2.45) is 5.92 Å². The van der Waals surface area contributed by atoms with Crippen molar-refractivity contribution in [3.05, 3.63) is 71.1 Å². The molecule has 1 aliphatic heterocycles. The number of hydrogen-bond donors (Lipinski definition) is 2. The monoisotopic (exact) mass is 656 g/mol. The van der Waals surface area contributed by atoms with E-state index in [2.05, 4.69) is 40.9 Å². The standard InChI is InChI=1S/C34H48N4O7S/c1-23-19-38(24(2)22-39)34(40)30-18-29(36-46(41,42)33-26(4)35-45-27(33)5)15-16-31(30)44-25(3)12-10-11-17-43-32(23)21-37(6)20-28-13-8-7-9-14-28/h7-9,13-16,18,23-25,32,36,39H,10-12,17,19-22H2,1-6H3/t23-,24+,25-,32+/m1/s1. The molecule has 2 N–H and O–H groups in total. The number of benzene rings is 2. The van der Waals surface area contributed by atoms with Crippen LogP contribution in [0, 0.1) is 19.8 Å². The van der Waals surface area contributed by atoms with Gasteiger partial charge in [0.15, 0.2) is 10.7 Å². The summed E-state index contributed by atoms with van der Waals surface area (Å²) >= 11 is 0. The van der Waals surface area contributed by atoms with Crippen molar-refractivity contribution in [3.8, 4) is 5.75 Å². The van der Waals surface area contributed by atoms with Gasteiger partial charge < -0.3 is 24.0 Å². The van der Waals surface area contributed by atoms with Crippen LogP contribution < -0.4 is 9.46 Å². The first-order valence-corrected chi connectivity index (χ1v) is 17.4. The van der Waals surface area contributed by atoms with Crippen molar-refractivity contribution in [2.45, 2.75) is 83.6 Å². The average molecular weight is 657 g/mol. The normalized spacial score (nSPS) is 20.9. The van der Waals surface area contributed by atoms with Gasteiger partial charge in [0.1, 0.15) is 11.4 Å². The van der Waals surface area contributed by atoms with Crippen molar-refractivity contribution in [1.82, 2.24) is 15.0 Å². The van der Waals surface area contributed by atoms with Crippen molar-refractivity contribution in [3.63, 3.8) is 0 Å². The molecule has 0 radical (unpaired) electrons. The summed E-state index contributed by atoms with van der Waals surface area (Å²) in [5, 5.41) is 14.0. The van der Waals surface area contributed by atoms with Crippen LogP contribution in [0.25, 0.3) is 0 Å². The molecule has 4 atom stereocenters. The molecule has 0 aliphatic carbocycles. The molecule has 0 unspecified atom stereocenters. The van der Waals surface area contributed by atoms with E-state index in [4.69, 9.17) is 14.0 Å². The van der Waals surface area contributed by atoms with Gasteiger partial charge in [-0.2, -0.15) is 0 Å². The number of rotatable bonds is 9. The molecule has 0 fully saturated rings. The zero-order valence-electron chi connectivity index (χ0n) is 27.7. The third kappa shape index (κ3) is 9.09. The summed E-state index contributed by atoms with van der Waals surface area (Å²) in [6.45, 7) is 11.0. The lowest BCUT2D eigenvalue weighted by molar-refractivity contribution is -0.0177. The second-order valence-electron chi connectivity index (χ2n) is 12.5. The molecule has 252 valence electrons. The molecule has 4 rings (SSSR count). The molecule has 2 aromatic carbocycles. The fourth-order valence-corrected chi connectivity index (χ4v) is 7.16. The number of nitrogens with one attached hydrogen (secondary N) is 1. The molecule has 12 heteroatoms. The van der Waals surface area contributed by atoms with Gasteiger partial charge in [0.25, 0.3) is 15.9 Å². The Hall–Kier alpha value is -3.45. The molecule has 2 heterocycles. The van der Waals surface area contributed by atoms with E-state index in [1.807, 2.05) is 25.1 Å². The van der Waals surface area contributed by atoms with Gasteiger partial charge >= 0.3 is 0 Å². The summed E-state index contributed by atoms with van der Waals surface area (Å²) in [7, 11) is -1.99. The van der Waals surface area contributed by atoms with E-state index in [-0.39, 0.29) is 58.2 Å². The Morgan fingerprint density at radius 3 is 2.54 bits per heavy atom. The van der Waals surface area contributed by atoms with Crippen LogP contribution in [-0.4, -0.2) is 86.0 Å². The van der Waals surface area contributed by atoms with E-state index in [0.717, 1.165) is 25.8 Å². The van der Waals surface area contributed by atoms with E-state index in [0.29, 0.717) is 25.4 Å².